The van der Waals surface area contributed by atoms with Crippen LogP contribution in [0.3, 0.4) is 0 Å². The summed E-state index contributed by atoms with van der Waals surface area (Å²) < 4.78 is 53.4. The second-order valence-electron chi connectivity index (χ2n) is 10.3. The molecule has 0 radical (unpaired) electrons. The fourth-order valence-corrected chi connectivity index (χ4v) is 3.69. The molecule has 0 aliphatic carbocycles. The standard InChI is InChI=1S/C26H27BF2N2O6/c1-25(2,3)34-23(32)30-19-11-7-9-17(28)15(19)13-21(30)36-27-37-22-14-16-18(29)10-8-12-20(16)31(22)24(33)35-26(4,5)6/h7-14,27H,1-6H3. The molecule has 0 N–H and O–H groups in total. The van der Waals surface area contributed by atoms with Crippen LogP contribution in [-0.2, 0) is 9.47 Å². The number of aromatic nitrogens is 2. The van der Waals surface area contributed by atoms with Gasteiger partial charge < -0.3 is 18.8 Å². The molecule has 4 aromatic rings. The molecular formula is C26H27BF2N2O6. The molecule has 2 heterocycles. The largest absolute Gasteiger partial charge is 0.578 e. The van der Waals surface area contributed by atoms with E-state index in [4.69, 9.17) is 18.8 Å². The maximum atomic E-state index is 14.5. The molecule has 0 atom stereocenters. The molecule has 0 saturated heterocycles. The summed E-state index contributed by atoms with van der Waals surface area (Å²) in [6.07, 6.45) is -1.54. The Kier molecular flexibility index (Phi) is 6.66. The summed E-state index contributed by atoms with van der Waals surface area (Å²) in [6.45, 7) is 10.2. The van der Waals surface area contributed by atoms with E-state index in [1.165, 1.54) is 36.4 Å². The lowest BCUT2D eigenvalue weighted by molar-refractivity contribution is 0.0528. The first kappa shape index (κ1) is 26.1. The Labute approximate surface area is 213 Å². The van der Waals surface area contributed by atoms with Crippen molar-refractivity contribution in [1.82, 2.24) is 9.13 Å². The quantitative estimate of drug-likeness (QED) is 0.305. The number of carbonyl (C=O) groups is 2. The van der Waals surface area contributed by atoms with Crippen LogP contribution >= 0.6 is 0 Å². The van der Waals surface area contributed by atoms with Gasteiger partial charge in [-0.3, -0.25) is 0 Å². The Bertz CT molecular complexity index is 1390. The Morgan fingerprint density at radius 3 is 1.43 bits per heavy atom. The molecular weight excluding hydrogens is 485 g/mol. The summed E-state index contributed by atoms with van der Waals surface area (Å²) in [6, 6.07) is 11.3. The van der Waals surface area contributed by atoms with Gasteiger partial charge >= 0.3 is 19.9 Å². The maximum absolute atomic E-state index is 14.5. The van der Waals surface area contributed by atoms with Gasteiger partial charge in [-0.1, -0.05) is 12.1 Å². The summed E-state index contributed by atoms with van der Waals surface area (Å²) in [5, 5.41) is 0.293. The molecule has 11 heteroatoms. The third kappa shape index (κ3) is 5.55. The average Bonchev–Trinajstić information content (AvgIpc) is 3.31. The zero-order chi connectivity index (χ0) is 27.1. The minimum atomic E-state index is -0.812. The minimum absolute atomic E-state index is 0.0412. The van der Waals surface area contributed by atoms with Crippen LogP contribution in [-0.4, -0.2) is 40.2 Å². The van der Waals surface area contributed by atoms with Crippen LogP contribution in [0.25, 0.3) is 21.8 Å². The molecule has 0 saturated carbocycles. The third-order valence-corrected chi connectivity index (χ3v) is 5.08. The fourth-order valence-electron chi connectivity index (χ4n) is 3.69. The van der Waals surface area contributed by atoms with Gasteiger partial charge in [0.25, 0.3) is 0 Å². The zero-order valence-corrected chi connectivity index (χ0v) is 21.4. The molecule has 0 bridgehead atoms. The number of hydrogen-bond donors (Lipinski definition) is 0. The zero-order valence-electron chi connectivity index (χ0n) is 21.4. The van der Waals surface area contributed by atoms with Crippen LogP contribution in [0.1, 0.15) is 41.5 Å². The normalized spacial score (nSPS) is 12.0. The van der Waals surface area contributed by atoms with Crippen molar-refractivity contribution in [3.05, 3.63) is 60.2 Å². The van der Waals surface area contributed by atoms with Crippen molar-refractivity contribution in [2.75, 3.05) is 0 Å². The summed E-state index contributed by atoms with van der Waals surface area (Å²) in [7, 11) is -0.499. The van der Waals surface area contributed by atoms with Crippen molar-refractivity contribution in [2.24, 2.45) is 0 Å². The first-order valence-electron chi connectivity index (χ1n) is 11.6. The van der Waals surface area contributed by atoms with Crippen LogP contribution in [0.2, 0.25) is 0 Å². The van der Waals surface area contributed by atoms with Gasteiger partial charge in [0, 0.05) is 22.9 Å². The van der Waals surface area contributed by atoms with Gasteiger partial charge in [-0.2, -0.15) is 0 Å². The van der Waals surface area contributed by atoms with Crippen LogP contribution in [0.15, 0.2) is 48.5 Å². The van der Waals surface area contributed by atoms with E-state index in [1.54, 1.807) is 53.7 Å². The first-order valence-corrected chi connectivity index (χ1v) is 11.6. The van der Waals surface area contributed by atoms with Crippen molar-refractivity contribution < 1.29 is 37.2 Å². The van der Waals surface area contributed by atoms with E-state index in [-0.39, 0.29) is 33.6 Å². The predicted octanol–water partition coefficient (Wildman–Crippen LogP) is 6.16. The highest BCUT2D eigenvalue weighted by Crippen LogP contribution is 2.31. The van der Waals surface area contributed by atoms with Crippen LogP contribution in [0.5, 0.6) is 11.8 Å². The monoisotopic (exact) mass is 512 g/mol. The van der Waals surface area contributed by atoms with E-state index in [0.29, 0.717) is 0 Å². The molecule has 194 valence electrons. The number of fused-ring (bicyclic) bond motifs is 2. The minimum Gasteiger partial charge on any atom is -0.515 e. The number of hydrogen-bond acceptors (Lipinski definition) is 6. The van der Waals surface area contributed by atoms with Gasteiger partial charge in [-0.25, -0.2) is 27.5 Å². The van der Waals surface area contributed by atoms with Crippen molar-refractivity contribution in [1.29, 1.82) is 0 Å². The van der Waals surface area contributed by atoms with Gasteiger partial charge in [-0.05, 0) is 65.8 Å². The smallest absolute Gasteiger partial charge is 0.515 e. The molecule has 2 aromatic heterocycles. The van der Waals surface area contributed by atoms with Crippen molar-refractivity contribution in [2.45, 2.75) is 52.7 Å². The summed E-state index contributed by atoms with van der Waals surface area (Å²) in [4.78, 5) is 25.8. The van der Waals surface area contributed by atoms with E-state index >= 15 is 0 Å². The second-order valence-corrected chi connectivity index (χ2v) is 10.3. The Hall–Kier alpha value is -4.02. The number of halogens is 2. The van der Waals surface area contributed by atoms with E-state index in [0.717, 1.165) is 9.13 Å². The lowest BCUT2D eigenvalue weighted by atomic mass is 10.2. The number of ether oxygens (including phenoxy) is 2. The van der Waals surface area contributed by atoms with Crippen LogP contribution in [0.4, 0.5) is 18.4 Å². The molecule has 2 aromatic carbocycles. The van der Waals surface area contributed by atoms with Gasteiger partial charge in [0.15, 0.2) is 11.8 Å². The SMILES string of the molecule is CC(C)(C)OC(=O)n1c(OBOc2cc3c(F)cccc3n2C(=O)OC(C)(C)C)cc2c(F)cccc21. The number of rotatable bonds is 4. The number of nitrogens with zero attached hydrogens (tertiary/aromatic N) is 2. The predicted molar refractivity (Wildman–Crippen MR) is 135 cm³/mol. The molecule has 4 rings (SSSR count). The Morgan fingerprint density at radius 2 is 1.08 bits per heavy atom. The summed E-state index contributed by atoms with van der Waals surface area (Å²) in [5.74, 6) is -1.18. The maximum Gasteiger partial charge on any atom is 0.578 e. The van der Waals surface area contributed by atoms with Gasteiger partial charge in [-0.15, -0.1) is 0 Å². The van der Waals surface area contributed by atoms with E-state index < -0.39 is 42.7 Å². The second kappa shape index (κ2) is 9.46. The van der Waals surface area contributed by atoms with Crippen molar-refractivity contribution >= 4 is 41.7 Å². The molecule has 0 aliphatic rings. The van der Waals surface area contributed by atoms with E-state index in [9.17, 15) is 18.4 Å². The summed E-state index contributed by atoms with van der Waals surface area (Å²) >= 11 is 0. The molecule has 0 unspecified atom stereocenters. The highest BCUT2D eigenvalue weighted by atomic mass is 19.1. The van der Waals surface area contributed by atoms with E-state index in [2.05, 4.69) is 0 Å². The lowest BCUT2D eigenvalue weighted by Crippen LogP contribution is -2.28. The highest BCUT2D eigenvalue weighted by Gasteiger charge is 2.26. The molecule has 0 spiro atoms. The van der Waals surface area contributed by atoms with Gasteiger partial charge in [0.2, 0.25) is 0 Å². The number of benzene rings is 2. The van der Waals surface area contributed by atoms with Crippen LogP contribution in [0, 0.1) is 11.6 Å². The van der Waals surface area contributed by atoms with Crippen LogP contribution < -0.4 is 9.31 Å². The Morgan fingerprint density at radius 1 is 0.703 bits per heavy atom. The number of carbonyl (C=O) groups excluding carboxylic acids is 2. The first-order chi connectivity index (χ1) is 17.2. The van der Waals surface area contributed by atoms with E-state index in [1.807, 2.05) is 0 Å². The third-order valence-electron chi connectivity index (χ3n) is 5.08. The Balaban J connectivity index is 1.67. The molecule has 0 amide bonds. The molecule has 8 nitrogen and oxygen atoms in total. The topological polar surface area (TPSA) is 80.9 Å². The molecule has 0 fully saturated rings. The molecule has 37 heavy (non-hydrogen) atoms. The fraction of sp³-hybridized carbons (Fsp3) is 0.308. The van der Waals surface area contributed by atoms with Crippen molar-refractivity contribution in [3.63, 3.8) is 0 Å². The van der Waals surface area contributed by atoms with Crippen molar-refractivity contribution in [3.8, 4) is 11.8 Å². The lowest BCUT2D eigenvalue weighted by Gasteiger charge is -2.21. The van der Waals surface area contributed by atoms with Gasteiger partial charge in [0.1, 0.15) is 22.8 Å². The summed E-state index contributed by atoms with van der Waals surface area (Å²) in [5.41, 5.74) is -1.14. The van der Waals surface area contributed by atoms with Gasteiger partial charge in [0.05, 0.1) is 11.0 Å². The molecule has 0 aliphatic heterocycles. The average molecular weight is 512 g/mol. The highest BCUT2D eigenvalue weighted by molar-refractivity contribution is 6.21.